The Hall–Kier alpha value is -2.97. The number of amidine groups is 1. The fourth-order valence-electron chi connectivity index (χ4n) is 2.91. The summed E-state index contributed by atoms with van der Waals surface area (Å²) in [7, 11) is -1.71. The number of anilines is 1. The van der Waals surface area contributed by atoms with Gasteiger partial charge in [0.2, 0.25) is 0 Å². The lowest BCUT2D eigenvalue weighted by molar-refractivity contribution is 0.415. The standard InChI is InChI=1S/C19H17ClN4O3S/c1-27-17-8-3-13(11-16(17)20)19-22-24-10-9-21-18(24)12-23(19)14-4-6-15(7-5-14)28(2,25)26/h3-12,21H,1-2H3. The van der Waals surface area contributed by atoms with E-state index in [0.29, 0.717) is 16.6 Å². The molecule has 2 aromatic rings. The number of nitrogens with one attached hydrogen (secondary N) is 1. The molecule has 0 spiro atoms. The highest BCUT2D eigenvalue weighted by Crippen LogP contribution is 2.30. The van der Waals surface area contributed by atoms with Crippen molar-refractivity contribution in [2.45, 2.75) is 4.90 Å². The van der Waals surface area contributed by atoms with Crippen molar-refractivity contribution < 1.29 is 13.2 Å². The molecule has 2 aromatic carbocycles. The minimum atomic E-state index is -3.27. The first-order valence-electron chi connectivity index (χ1n) is 8.33. The van der Waals surface area contributed by atoms with Crippen LogP contribution in [0.2, 0.25) is 5.02 Å². The number of hydrogen-bond acceptors (Lipinski definition) is 7. The Bertz CT molecular complexity index is 1120. The van der Waals surface area contributed by atoms with E-state index in [9.17, 15) is 8.42 Å². The molecule has 0 fully saturated rings. The molecule has 9 heteroatoms. The lowest BCUT2D eigenvalue weighted by Gasteiger charge is -2.30. The van der Waals surface area contributed by atoms with E-state index in [1.165, 1.54) is 6.26 Å². The Morgan fingerprint density at radius 1 is 1.14 bits per heavy atom. The molecule has 0 saturated carbocycles. The third kappa shape index (κ3) is 3.32. The molecule has 0 saturated heterocycles. The molecule has 28 heavy (non-hydrogen) atoms. The van der Waals surface area contributed by atoms with Crippen molar-refractivity contribution >= 4 is 33.0 Å². The van der Waals surface area contributed by atoms with Crippen LogP contribution in [0, 0.1) is 0 Å². The second-order valence-corrected chi connectivity index (χ2v) is 8.65. The van der Waals surface area contributed by atoms with Crippen molar-refractivity contribution in [3.63, 3.8) is 0 Å². The van der Waals surface area contributed by atoms with Crippen LogP contribution in [-0.4, -0.2) is 32.6 Å². The van der Waals surface area contributed by atoms with E-state index in [4.69, 9.17) is 16.3 Å². The van der Waals surface area contributed by atoms with Gasteiger partial charge in [-0.2, -0.15) is 0 Å². The van der Waals surface area contributed by atoms with Crippen molar-refractivity contribution in [2.75, 3.05) is 18.3 Å². The van der Waals surface area contributed by atoms with Gasteiger partial charge in [-0.25, -0.2) is 13.4 Å². The average molecular weight is 417 g/mol. The van der Waals surface area contributed by atoms with Gasteiger partial charge in [0.15, 0.2) is 15.7 Å². The molecule has 4 rings (SSSR count). The zero-order valence-electron chi connectivity index (χ0n) is 15.1. The number of ether oxygens (including phenoxy) is 1. The molecular weight excluding hydrogens is 400 g/mol. The SMILES string of the molecule is COc1ccc(C2=NN3C=CNC3=CN2c2ccc(S(C)(=O)=O)cc2)cc1Cl. The number of fused-ring (bicyclic) bond motifs is 1. The van der Waals surface area contributed by atoms with E-state index in [2.05, 4.69) is 10.4 Å². The van der Waals surface area contributed by atoms with E-state index in [1.807, 2.05) is 17.2 Å². The summed E-state index contributed by atoms with van der Waals surface area (Å²) in [6.07, 6.45) is 6.66. The molecule has 0 amide bonds. The molecule has 7 nitrogen and oxygen atoms in total. The van der Waals surface area contributed by atoms with Crippen LogP contribution in [-0.2, 0) is 9.84 Å². The third-order valence-electron chi connectivity index (χ3n) is 4.33. The maximum Gasteiger partial charge on any atom is 0.175 e. The maximum atomic E-state index is 11.8. The number of hydrazone groups is 1. The first-order valence-corrected chi connectivity index (χ1v) is 10.6. The van der Waals surface area contributed by atoms with Crippen LogP contribution in [0.3, 0.4) is 0 Å². The summed E-state index contributed by atoms with van der Waals surface area (Å²) < 4.78 is 28.7. The Balaban J connectivity index is 1.78. The zero-order chi connectivity index (χ0) is 19.9. The smallest absolute Gasteiger partial charge is 0.175 e. The number of benzene rings is 2. The molecule has 1 N–H and O–H groups in total. The van der Waals surface area contributed by atoms with Crippen LogP contribution in [0.1, 0.15) is 5.56 Å². The number of hydrogen-bond donors (Lipinski definition) is 1. The zero-order valence-corrected chi connectivity index (χ0v) is 16.7. The minimum Gasteiger partial charge on any atom is -0.495 e. The molecule has 2 heterocycles. The predicted molar refractivity (Wildman–Crippen MR) is 109 cm³/mol. The molecule has 144 valence electrons. The molecule has 0 atom stereocenters. The Morgan fingerprint density at radius 3 is 2.54 bits per heavy atom. The number of sulfone groups is 1. The fraction of sp³-hybridized carbons (Fsp3) is 0.105. The minimum absolute atomic E-state index is 0.258. The summed E-state index contributed by atoms with van der Waals surface area (Å²) >= 11 is 6.30. The van der Waals surface area contributed by atoms with E-state index in [1.54, 1.807) is 60.9 Å². The average Bonchev–Trinajstić information content (AvgIpc) is 3.14. The largest absolute Gasteiger partial charge is 0.495 e. The Kier molecular flexibility index (Phi) is 4.52. The second-order valence-electron chi connectivity index (χ2n) is 6.23. The lowest BCUT2D eigenvalue weighted by Crippen LogP contribution is -2.35. The van der Waals surface area contributed by atoms with E-state index >= 15 is 0 Å². The third-order valence-corrected chi connectivity index (χ3v) is 5.75. The number of rotatable bonds is 4. The monoisotopic (exact) mass is 416 g/mol. The van der Waals surface area contributed by atoms with Crippen LogP contribution in [0.4, 0.5) is 5.69 Å². The van der Waals surface area contributed by atoms with Crippen LogP contribution in [0.5, 0.6) is 5.75 Å². The molecule has 0 bridgehead atoms. The van der Waals surface area contributed by atoms with Gasteiger partial charge in [-0.1, -0.05) is 11.6 Å². The van der Waals surface area contributed by atoms with Gasteiger partial charge in [-0.3, -0.25) is 4.90 Å². The molecule has 0 aromatic heterocycles. The summed E-state index contributed by atoms with van der Waals surface area (Å²) in [5, 5.41) is 9.98. The van der Waals surface area contributed by atoms with Gasteiger partial charge < -0.3 is 10.1 Å². The van der Waals surface area contributed by atoms with Crippen molar-refractivity contribution in [3.05, 3.63) is 77.5 Å². The number of nitrogens with zero attached hydrogens (tertiary/aromatic N) is 3. The van der Waals surface area contributed by atoms with Crippen LogP contribution >= 0.6 is 11.6 Å². The molecule has 0 radical (unpaired) electrons. The van der Waals surface area contributed by atoms with E-state index in [-0.39, 0.29) is 4.90 Å². The quantitative estimate of drug-likeness (QED) is 0.825. The first-order chi connectivity index (χ1) is 13.4. The van der Waals surface area contributed by atoms with Crippen molar-refractivity contribution in [3.8, 4) is 5.75 Å². The van der Waals surface area contributed by atoms with Gasteiger partial charge in [0.1, 0.15) is 11.6 Å². The normalized spacial score (nSPS) is 15.7. The first kappa shape index (κ1) is 18.4. The van der Waals surface area contributed by atoms with Gasteiger partial charge in [0.25, 0.3) is 0 Å². The molecule has 2 aliphatic rings. The highest BCUT2D eigenvalue weighted by Gasteiger charge is 2.25. The van der Waals surface area contributed by atoms with Crippen LogP contribution in [0.25, 0.3) is 0 Å². The molecule has 0 unspecified atom stereocenters. The second kappa shape index (κ2) is 6.88. The number of halogens is 1. The number of methoxy groups -OCH3 is 1. The lowest BCUT2D eigenvalue weighted by atomic mass is 10.1. The molecular formula is C19H17ClN4O3S. The predicted octanol–water partition coefficient (Wildman–Crippen LogP) is 3.11. The summed E-state index contributed by atoms with van der Waals surface area (Å²) in [4.78, 5) is 2.13. The van der Waals surface area contributed by atoms with E-state index < -0.39 is 9.84 Å². The van der Waals surface area contributed by atoms with E-state index in [0.717, 1.165) is 17.1 Å². The highest BCUT2D eigenvalue weighted by atomic mass is 35.5. The van der Waals surface area contributed by atoms with Crippen molar-refractivity contribution in [2.24, 2.45) is 5.10 Å². The summed E-state index contributed by atoms with van der Waals surface area (Å²) in [6, 6.07) is 12.1. The Labute approximate surface area is 168 Å². The van der Waals surface area contributed by atoms with Crippen molar-refractivity contribution in [1.29, 1.82) is 0 Å². The topological polar surface area (TPSA) is 74.2 Å². The van der Waals surface area contributed by atoms with Gasteiger partial charge in [-0.15, -0.1) is 5.10 Å². The van der Waals surface area contributed by atoms with Gasteiger partial charge in [-0.05, 0) is 42.5 Å². The van der Waals surface area contributed by atoms with Gasteiger partial charge in [0.05, 0.1) is 23.2 Å². The van der Waals surface area contributed by atoms with Gasteiger partial charge in [0, 0.05) is 29.9 Å². The molecule has 2 aliphatic heterocycles. The molecule has 0 aliphatic carbocycles. The van der Waals surface area contributed by atoms with Crippen molar-refractivity contribution in [1.82, 2.24) is 10.3 Å². The Morgan fingerprint density at radius 2 is 1.89 bits per heavy atom. The van der Waals surface area contributed by atoms with Crippen LogP contribution in [0.15, 0.2) is 76.9 Å². The summed E-state index contributed by atoms with van der Waals surface area (Å²) in [5.41, 5.74) is 1.55. The fourth-order valence-corrected chi connectivity index (χ4v) is 3.80. The maximum absolute atomic E-state index is 11.8. The van der Waals surface area contributed by atoms with Crippen LogP contribution < -0.4 is 15.0 Å². The summed E-state index contributed by atoms with van der Waals surface area (Å²) in [5.74, 6) is 1.98. The summed E-state index contributed by atoms with van der Waals surface area (Å²) in [6.45, 7) is 0. The highest BCUT2D eigenvalue weighted by molar-refractivity contribution is 7.90. The van der Waals surface area contributed by atoms with Gasteiger partial charge >= 0.3 is 0 Å².